The molecule has 5 heteroatoms. The number of carboxylic acids is 1. The number of nitrogens with two attached hydrogens (primary N) is 1. The van der Waals surface area contributed by atoms with Crippen molar-refractivity contribution in [2.75, 3.05) is 5.73 Å². The predicted octanol–water partition coefficient (Wildman–Crippen LogP) is 2.90. The lowest BCUT2D eigenvalue weighted by Crippen LogP contribution is -1.99. The third-order valence-electron chi connectivity index (χ3n) is 3.69. The van der Waals surface area contributed by atoms with Gasteiger partial charge in [-0.3, -0.25) is 4.40 Å². The van der Waals surface area contributed by atoms with Crippen molar-refractivity contribution in [3.8, 4) is 11.3 Å². The minimum atomic E-state index is -0.980. The van der Waals surface area contributed by atoms with Gasteiger partial charge in [0.1, 0.15) is 17.2 Å². The van der Waals surface area contributed by atoms with Crippen LogP contribution >= 0.6 is 0 Å². The number of anilines is 1. The van der Waals surface area contributed by atoms with Crippen LogP contribution in [0.4, 0.5) is 5.82 Å². The number of aryl methyl sites for hydroxylation is 2. The van der Waals surface area contributed by atoms with Crippen molar-refractivity contribution < 1.29 is 9.90 Å². The van der Waals surface area contributed by atoms with E-state index in [1.54, 1.807) is 10.6 Å². The van der Waals surface area contributed by atoms with Crippen LogP contribution in [0.25, 0.3) is 16.9 Å². The van der Waals surface area contributed by atoms with Crippen LogP contribution in [0.3, 0.4) is 0 Å². The van der Waals surface area contributed by atoms with Crippen LogP contribution in [0.1, 0.15) is 21.5 Å². The number of fused-ring (bicyclic) bond motifs is 1. The van der Waals surface area contributed by atoms with Crippen molar-refractivity contribution in [3.63, 3.8) is 0 Å². The molecule has 0 unspecified atom stereocenters. The maximum absolute atomic E-state index is 11.0. The van der Waals surface area contributed by atoms with Crippen molar-refractivity contribution in [3.05, 3.63) is 53.2 Å². The zero-order valence-corrected chi connectivity index (χ0v) is 11.8. The Morgan fingerprint density at radius 1 is 1.19 bits per heavy atom. The Morgan fingerprint density at radius 3 is 2.62 bits per heavy atom. The van der Waals surface area contributed by atoms with Crippen LogP contribution in [0.15, 0.2) is 36.5 Å². The van der Waals surface area contributed by atoms with Gasteiger partial charge in [-0.25, -0.2) is 9.78 Å². The standard InChI is InChI=1S/C16H15N3O2/c1-9-3-4-11(7-10(9)2)14-15(17)19-6-5-12(16(20)21)8-13(19)18-14/h3-8H,17H2,1-2H3,(H,20,21). The Bertz CT molecular complexity index is 865. The van der Waals surface area contributed by atoms with Crippen molar-refractivity contribution in [2.45, 2.75) is 13.8 Å². The lowest BCUT2D eigenvalue weighted by atomic mass is 10.0. The highest BCUT2D eigenvalue weighted by molar-refractivity contribution is 5.89. The van der Waals surface area contributed by atoms with Gasteiger partial charge >= 0.3 is 5.97 Å². The van der Waals surface area contributed by atoms with Crippen LogP contribution in [0.2, 0.25) is 0 Å². The molecule has 0 aliphatic rings. The summed E-state index contributed by atoms with van der Waals surface area (Å²) in [6, 6.07) is 9.06. The number of benzene rings is 1. The molecule has 0 aliphatic carbocycles. The summed E-state index contributed by atoms with van der Waals surface area (Å²) in [6.45, 7) is 4.08. The van der Waals surface area contributed by atoms with Gasteiger partial charge in [0, 0.05) is 11.8 Å². The number of carbonyl (C=O) groups is 1. The molecule has 0 saturated heterocycles. The first-order valence-corrected chi connectivity index (χ1v) is 6.56. The molecule has 0 aliphatic heterocycles. The van der Waals surface area contributed by atoms with E-state index in [1.165, 1.54) is 17.7 Å². The van der Waals surface area contributed by atoms with Gasteiger partial charge in [-0.1, -0.05) is 12.1 Å². The van der Waals surface area contributed by atoms with Crippen LogP contribution < -0.4 is 5.73 Å². The van der Waals surface area contributed by atoms with E-state index in [0.29, 0.717) is 17.2 Å². The molecule has 3 aromatic rings. The molecule has 106 valence electrons. The maximum Gasteiger partial charge on any atom is 0.335 e. The van der Waals surface area contributed by atoms with Crippen molar-refractivity contribution in [1.29, 1.82) is 0 Å². The monoisotopic (exact) mass is 281 g/mol. The normalized spacial score (nSPS) is 11.0. The minimum absolute atomic E-state index is 0.194. The van der Waals surface area contributed by atoms with Crippen molar-refractivity contribution in [1.82, 2.24) is 9.38 Å². The highest BCUT2D eigenvalue weighted by atomic mass is 16.4. The molecule has 2 aromatic heterocycles. The Hall–Kier alpha value is -2.82. The average Bonchev–Trinajstić information content (AvgIpc) is 2.78. The SMILES string of the molecule is Cc1ccc(-c2nc3cc(C(=O)O)ccn3c2N)cc1C. The molecule has 21 heavy (non-hydrogen) atoms. The number of nitrogen functional groups attached to an aromatic ring is 1. The van der Waals surface area contributed by atoms with Crippen LogP contribution in [-0.2, 0) is 0 Å². The van der Waals surface area contributed by atoms with Gasteiger partial charge in [0.2, 0.25) is 0 Å². The van der Waals surface area contributed by atoms with Crippen molar-refractivity contribution >= 4 is 17.4 Å². The smallest absolute Gasteiger partial charge is 0.335 e. The quantitative estimate of drug-likeness (QED) is 0.756. The molecule has 0 atom stereocenters. The maximum atomic E-state index is 11.0. The van der Waals surface area contributed by atoms with Gasteiger partial charge in [0.15, 0.2) is 0 Å². The van der Waals surface area contributed by atoms with Gasteiger partial charge in [0.25, 0.3) is 0 Å². The lowest BCUT2D eigenvalue weighted by molar-refractivity contribution is 0.0697. The molecule has 0 saturated carbocycles. The van der Waals surface area contributed by atoms with E-state index < -0.39 is 5.97 Å². The molecular formula is C16H15N3O2. The Morgan fingerprint density at radius 2 is 1.95 bits per heavy atom. The zero-order chi connectivity index (χ0) is 15.1. The first-order valence-electron chi connectivity index (χ1n) is 6.56. The minimum Gasteiger partial charge on any atom is -0.478 e. The van der Waals surface area contributed by atoms with Gasteiger partial charge in [0.05, 0.1) is 5.56 Å². The van der Waals surface area contributed by atoms with E-state index in [9.17, 15) is 4.79 Å². The topological polar surface area (TPSA) is 80.6 Å². The highest BCUT2D eigenvalue weighted by Crippen LogP contribution is 2.28. The summed E-state index contributed by atoms with van der Waals surface area (Å²) >= 11 is 0. The third-order valence-corrected chi connectivity index (χ3v) is 3.69. The molecular weight excluding hydrogens is 266 g/mol. The number of rotatable bonds is 2. The van der Waals surface area contributed by atoms with Gasteiger partial charge in [-0.05, 0) is 43.2 Å². The van der Waals surface area contributed by atoms with Gasteiger partial charge in [-0.2, -0.15) is 0 Å². The second-order valence-corrected chi connectivity index (χ2v) is 5.09. The molecule has 0 amide bonds. The summed E-state index contributed by atoms with van der Waals surface area (Å²) in [5, 5.41) is 9.04. The first-order chi connectivity index (χ1) is 9.97. The van der Waals surface area contributed by atoms with E-state index in [2.05, 4.69) is 4.98 Å². The molecule has 3 N–H and O–H groups in total. The molecule has 0 bridgehead atoms. The number of imidazole rings is 1. The molecule has 1 aromatic carbocycles. The number of pyridine rings is 1. The Kier molecular flexibility index (Phi) is 2.90. The second-order valence-electron chi connectivity index (χ2n) is 5.09. The molecule has 2 heterocycles. The summed E-state index contributed by atoms with van der Waals surface area (Å²) in [6.07, 6.45) is 1.63. The summed E-state index contributed by atoms with van der Waals surface area (Å²) in [5.41, 5.74) is 10.8. The number of nitrogens with zero attached hydrogens (tertiary/aromatic N) is 2. The molecule has 5 nitrogen and oxygen atoms in total. The second kappa shape index (κ2) is 4.63. The average molecular weight is 281 g/mol. The van der Waals surface area contributed by atoms with Crippen LogP contribution in [-0.4, -0.2) is 20.5 Å². The summed E-state index contributed by atoms with van der Waals surface area (Å²) in [4.78, 5) is 15.5. The molecule has 3 rings (SSSR count). The van der Waals surface area contributed by atoms with Gasteiger partial charge in [-0.15, -0.1) is 0 Å². The molecule has 0 radical (unpaired) electrons. The van der Waals surface area contributed by atoms with E-state index in [1.807, 2.05) is 32.0 Å². The number of hydrogen-bond acceptors (Lipinski definition) is 3. The summed E-state index contributed by atoms with van der Waals surface area (Å²) in [7, 11) is 0. The lowest BCUT2D eigenvalue weighted by Gasteiger charge is -2.03. The number of aromatic carboxylic acids is 1. The first kappa shape index (κ1) is 13.2. The highest BCUT2D eigenvalue weighted by Gasteiger charge is 2.13. The fourth-order valence-electron chi connectivity index (χ4n) is 2.30. The number of carboxylic acid groups (broad SMARTS) is 1. The number of hydrogen-bond donors (Lipinski definition) is 2. The zero-order valence-electron chi connectivity index (χ0n) is 11.8. The van der Waals surface area contributed by atoms with Gasteiger partial charge < -0.3 is 10.8 Å². The third kappa shape index (κ3) is 2.12. The predicted molar refractivity (Wildman–Crippen MR) is 81.5 cm³/mol. The Labute approximate surface area is 121 Å². The van der Waals surface area contributed by atoms with E-state index in [0.717, 1.165) is 11.1 Å². The van der Waals surface area contributed by atoms with Crippen molar-refractivity contribution in [2.24, 2.45) is 0 Å². The summed E-state index contributed by atoms with van der Waals surface area (Å²) in [5.74, 6) is -0.475. The van der Waals surface area contributed by atoms with E-state index in [4.69, 9.17) is 10.8 Å². The summed E-state index contributed by atoms with van der Waals surface area (Å²) < 4.78 is 1.69. The number of aromatic nitrogens is 2. The molecule has 0 fully saturated rings. The largest absolute Gasteiger partial charge is 0.478 e. The van der Waals surface area contributed by atoms with E-state index >= 15 is 0 Å². The molecule has 0 spiro atoms. The fourth-order valence-corrected chi connectivity index (χ4v) is 2.30. The van der Waals surface area contributed by atoms with E-state index in [-0.39, 0.29) is 5.56 Å². The van der Waals surface area contributed by atoms with Crippen LogP contribution in [0.5, 0.6) is 0 Å². The Balaban J connectivity index is 2.21. The fraction of sp³-hybridized carbons (Fsp3) is 0.125. The van der Waals surface area contributed by atoms with Crippen LogP contribution in [0, 0.1) is 13.8 Å².